The summed E-state index contributed by atoms with van der Waals surface area (Å²) in [7, 11) is 2.11. The van der Waals surface area contributed by atoms with Gasteiger partial charge in [0.2, 0.25) is 0 Å². The Bertz CT molecular complexity index is 1200. The highest BCUT2D eigenvalue weighted by Gasteiger charge is 2.10. The lowest BCUT2D eigenvalue weighted by Crippen LogP contribution is -2.09. The second-order valence-corrected chi connectivity index (χ2v) is 6.75. The Hall–Kier alpha value is -3.52. The fourth-order valence-electron chi connectivity index (χ4n) is 3.61. The van der Waals surface area contributed by atoms with Gasteiger partial charge in [-0.3, -0.25) is 0 Å². The van der Waals surface area contributed by atoms with Gasteiger partial charge in [-0.1, -0.05) is 54.6 Å². The first kappa shape index (κ1) is 15.7. The Morgan fingerprint density at radius 1 is 0.667 bits per heavy atom. The quantitative estimate of drug-likeness (QED) is 0.348. The van der Waals surface area contributed by atoms with Crippen LogP contribution >= 0.6 is 0 Å². The van der Waals surface area contributed by atoms with Crippen molar-refractivity contribution in [2.24, 2.45) is 0 Å². The van der Waals surface area contributed by atoms with Gasteiger partial charge < -0.3 is 9.32 Å². The van der Waals surface area contributed by atoms with Gasteiger partial charge in [0, 0.05) is 34.8 Å². The van der Waals surface area contributed by atoms with Crippen LogP contribution in [0, 0.1) is 0 Å². The van der Waals surface area contributed by atoms with E-state index < -0.39 is 0 Å². The number of benzene rings is 4. The molecule has 5 aromatic rings. The van der Waals surface area contributed by atoms with E-state index in [2.05, 4.69) is 90.8 Å². The van der Waals surface area contributed by atoms with E-state index in [9.17, 15) is 0 Å². The Kier molecular flexibility index (Phi) is 3.68. The zero-order chi connectivity index (χ0) is 18.2. The molecule has 0 N–H and O–H groups in total. The van der Waals surface area contributed by atoms with E-state index in [4.69, 9.17) is 4.42 Å². The van der Waals surface area contributed by atoms with Gasteiger partial charge in [-0.2, -0.15) is 0 Å². The molecule has 0 aliphatic rings. The van der Waals surface area contributed by atoms with Crippen LogP contribution in [0.2, 0.25) is 0 Å². The van der Waals surface area contributed by atoms with Crippen LogP contribution in [0.5, 0.6) is 0 Å². The predicted octanol–water partition coefficient (Wildman–Crippen LogP) is 7.02. The molecule has 0 radical (unpaired) electrons. The zero-order valence-electron chi connectivity index (χ0n) is 15.1. The molecule has 0 aliphatic heterocycles. The molecule has 2 nitrogen and oxygen atoms in total. The average Bonchev–Trinajstić information content (AvgIpc) is 3.17. The van der Waals surface area contributed by atoms with Gasteiger partial charge in [-0.05, 0) is 47.9 Å². The Morgan fingerprint density at radius 2 is 1.37 bits per heavy atom. The maximum absolute atomic E-state index is 5.98. The van der Waals surface area contributed by atoms with Crippen LogP contribution in [0.4, 0.5) is 11.4 Å². The first-order chi connectivity index (χ1) is 13.3. The lowest BCUT2D eigenvalue weighted by atomic mass is 10.1. The van der Waals surface area contributed by atoms with Crippen LogP contribution < -0.4 is 4.90 Å². The van der Waals surface area contributed by atoms with Crippen molar-refractivity contribution in [3.8, 4) is 11.3 Å². The normalized spacial score (nSPS) is 11.1. The van der Waals surface area contributed by atoms with Gasteiger partial charge in [-0.15, -0.1) is 0 Å². The highest BCUT2D eigenvalue weighted by molar-refractivity contribution is 5.96. The number of fused-ring (bicyclic) bond motifs is 2. The van der Waals surface area contributed by atoms with Crippen LogP contribution in [-0.2, 0) is 0 Å². The molecule has 0 atom stereocenters. The van der Waals surface area contributed by atoms with Crippen LogP contribution in [0.1, 0.15) is 0 Å². The number of nitrogens with zero attached hydrogens (tertiary/aromatic N) is 1. The summed E-state index contributed by atoms with van der Waals surface area (Å²) in [6, 6.07) is 33.6. The summed E-state index contributed by atoms with van der Waals surface area (Å²) in [6.07, 6.45) is 0. The van der Waals surface area contributed by atoms with Gasteiger partial charge in [0.1, 0.15) is 11.3 Å². The number of hydrogen-bond acceptors (Lipinski definition) is 2. The highest BCUT2D eigenvalue weighted by Crippen LogP contribution is 2.33. The molecule has 0 bridgehead atoms. The lowest BCUT2D eigenvalue weighted by Gasteiger charge is -2.21. The molecule has 0 fully saturated rings. The van der Waals surface area contributed by atoms with Crippen molar-refractivity contribution in [3.05, 3.63) is 97.1 Å². The minimum atomic E-state index is 0.899. The minimum absolute atomic E-state index is 0.899. The topological polar surface area (TPSA) is 16.4 Å². The van der Waals surface area contributed by atoms with E-state index in [0.717, 1.165) is 28.0 Å². The highest BCUT2D eigenvalue weighted by atomic mass is 16.3. The molecular formula is C25H19NO. The third kappa shape index (κ3) is 2.76. The molecule has 0 amide bonds. The van der Waals surface area contributed by atoms with E-state index in [1.165, 1.54) is 16.5 Å². The third-order valence-corrected chi connectivity index (χ3v) is 5.09. The standard InChI is InChI=1S/C25H19NO/c1-26(23-11-6-9-18-7-2-4-10-22(18)23)21-15-13-19(14-16-21)25-17-20-8-3-5-12-24(20)27-25/h2-17H,1H3. The van der Waals surface area contributed by atoms with Crippen LogP contribution in [0.25, 0.3) is 33.1 Å². The number of para-hydroxylation sites is 1. The SMILES string of the molecule is CN(c1ccc(-c2cc3ccccc3o2)cc1)c1cccc2ccccc12. The second kappa shape index (κ2) is 6.33. The molecule has 4 aromatic carbocycles. The van der Waals surface area contributed by atoms with Gasteiger partial charge in [0.25, 0.3) is 0 Å². The molecule has 0 unspecified atom stereocenters. The monoisotopic (exact) mass is 349 g/mol. The summed E-state index contributed by atoms with van der Waals surface area (Å²) < 4.78 is 5.98. The summed E-state index contributed by atoms with van der Waals surface area (Å²) in [6.45, 7) is 0. The van der Waals surface area contributed by atoms with Crippen LogP contribution in [0.3, 0.4) is 0 Å². The molecule has 0 spiro atoms. The molecular weight excluding hydrogens is 330 g/mol. The Balaban J connectivity index is 1.50. The van der Waals surface area contributed by atoms with Gasteiger partial charge >= 0.3 is 0 Å². The maximum atomic E-state index is 5.98. The number of hydrogen-bond donors (Lipinski definition) is 0. The summed E-state index contributed by atoms with van der Waals surface area (Å²) in [5.41, 5.74) is 4.35. The molecule has 0 saturated heterocycles. The van der Waals surface area contributed by atoms with Gasteiger partial charge in [0.15, 0.2) is 0 Å². The summed E-state index contributed by atoms with van der Waals surface area (Å²) in [4.78, 5) is 2.23. The van der Waals surface area contributed by atoms with Gasteiger partial charge in [0.05, 0.1) is 0 Å². The van der Waals surface area contributed by atoms with E-state index in [1.54, 1.807) is 0 Å². The smallest absolute Gasteiger partial charge is 0.135 e. The zero-order valence-corrected chi connectivity index (χ0v) is 15.1. The van der Waals surface area contributed by atoms with Crippen molar-refractivity contribution in [1.82, 2.24) is 0 Å². The van der Waals surface area contributed by atoms with E-state index in [1.807, 2.05) is 18.2 Å². The fraction of sp³-hybridized carbons (Fsp3) is 0.0400. The van der Waals surface area contributed by atoms with Crippen molar-refractivity contribution in [3.63, 3.8) is 0 Å². The van der Waals surface area contributed by atoms with Gasteiger partial charge in [-0.25, -0.2) is 0 Å². The maximum Gasteiger partial charge on any atom is 0.135 e. The second-order valence-electron chi connectivity index (χ2n) is 6.75. The van der Waals surface area contributed by atoms with Crippen molar-refractivity contribution in [2.45, 2.75) is 0 Å². The van der Waals surface area contributed by atoms with E-state index in [0.29, 0.717) is 0 Å². The van der Waals surface area contributed by atoms with E-state index in [-0.39, 0.29) is 0 Å². The molecule has 130 valence electrons. The van der Waals surface area contributed by atoms with Crippen LogP contribution in [0.15, 0.2) is 101 Å². The summed E-state index contributed by atoms with van der Waals surface area (Å²) in [5, 5.41) is 3.63. The van der Waals surface area contributed by atoms with Crippen molar-refractivity contribution in [2.75, 3.05) is 11.9 Å². The molecule has 5 rings (SSSR count). The molecule has 1 aromatic heterocycles. The third-order valence-electron chi connectivity index (χ3n) is 5.09. The fourth-order valence-corrected chi connectivity index (χ4v) is 3.61. The summed E-state index contributed by atoms with van der Waals surface area (Å²) >= 11 is 0. The largest absolute Gasteiger partial charge is 0.456 e. The van der Waals surface area contributed by atoms with E-state index >= 15 is 0 Å². The summed E-state index contributed by atoms with van der Waals surface area (Å²) in [5.74, 6) is 0.899. The molecule has 27 heavy (non-hydrogen) atoms. The average molecular weight is 349 g/mol. The number of rotatable bonds is 3. The van der Waals surface area contributed by atoms with Crippen molar-refractivity contribution < 1.29 is 4.42 Å². The van der Waals surface area contributed by atoms with Crippen molar-refractivity contribution in [1.29, 1.82) is 0 Å². The Labute approximate surface area is 158 Å². The predicted molar refractivity (Wildman–Crippen MR) is 114 cm³/mol. The minimum Gasteiger partial charge on any atom is -0.456 e. The molecule has 0 aliphatic carbocycles. The lowest BCUT2D eigenvalue weighted by molar-refractivity contribution is 0.631. The molecule has 1 heterocycles. The number of furan rings is 1. The van der Waals surface area contributed by atoms with Crippen molar-refractivity contribution >= 4 is 33.1 Å². The van der Waals surface area contributed by atoms with Crippen LogP contribution in [-0.4, -0.2) is 7.05 Å². The molecule has 2 heteroatoms. The molecule has 0 saturated carbocycles. The first-order valence-electron chi connectivity index (χ1n) is 9.10. The first-order valence-corrected chi connectivity index (χ1v) is 9.10. The number of anilines is 2. The Morgan fingerprint density at radius 3 is 2.19 bits per heavy atom.